The fourth-order valence-electron chi connectivity index (χ4n) is 4.82. The summed E-state index contributed by atoms with van der Waals surface area (Å²) in [4.78, 5) is 36.8. The van der Waals surface area contributed by atoms with E-state index in [1.54, 1.807) is 12.1 Å². The number of halogens is 7. The molecule has 0 bridgehead atoms. The van der Waals surface area contributed by atoms with E-state index in [9.17, 15) is 31.5 Å². The number of rotatable bonds is 10. The van der Waals surface area contributed by atoms with Crippen LogP contribution >= 0.6 is 23.2 Å². The molecule has 1 aliphatic carbocycles. The number of alkyl halides is 5. The van der Waals surface area contributed by atoms with E-state index in [1.165, 1.54) is 6.07 Å². The van der Waals surface area contributed by atoms with Crippen LogP contribution in [-0.2, 0) is 17.5 Å². The van der Waals surface area contributed by atoms with Crippen LogP contribution in [0.5, 0.6) is 5.88 Å². The number of nitrogens with one attached hydrogen (secondary N) is 4. The topological polar surface area (TPSA) is 121 Å². The molecule has 9 nitrogen and oxygen atoms in total. The molecule has 0 radical (unpaired) electrons. The third-order valence-electron chi connectivity index (χ3n) is 7.09. The zero-order valence-electron chi connectivity index (χ0n) is 23.2. The average Bonchev–Trinajstić information content (AvgIpc) is 3.67. The second kappa shape index (κ2) is 13.4. The summed E-state index contributed by atoms with van der Waals surface area (Å²) in [5.74, 6) is -1.33. The largest absolute Gasteiger partial charge is 0.471 e. The van der Waals surface area contributed by atoms with E-state index in [-0.39, 0.29) is 62.5 Å². The molecule has 0 aliphatic heterocycles. The van der Waals surface area contributed by atoms with Crippen LogP contribution in [0.1, 0.15) is 47.2 Å². The Kier molecular flexibility index (Phi) is 9.63. The standard InChI is InChI=1S/C29H25Cl2F5N6O3/c30-19-10-5-15(12-37-25(43)14-3-1-2-4-14)22(31)23(19)40-28-39-20-11-18(27(41-24(20)42-28)45-13-21(32)33)26(44)38-17-8-6-16(7-9-17)29(34,35)36/h5-11,14,21H,1-4,12-13H2,(H,37,43)(H,38,44)(H2,39,40,41,42). The van der Waals surface area contributed by atoms with Crippen LogP contribution in [0.2, 0.25) is 10.0 Å². The molecule has 4 N–H and O–H groups in total. The maximum atomic E-state index is 13.1. The molecule has 0 unspecified atom stereocenters. The molecular formula is C29H25Cl2F5N6O3. The van der Waals surface area contributed by atoms with E-state index < -0.39 is 36.6 Å². The lowest BCUT2D eigenvalue weighted by Crippen LogP contribution is -2.28. The molecule has 16 heteroatoms. The van der Waals surface area contributed by atoms with Gasteiger partial charge in [-0.3, -0.25) is 9.59 Å². The molecule has 0 saturated heterocycles. The zero-order valence-corrected chi connectivity index (χ0v) is 24.7. The van der Waals surface area contributed by atoms with E-state index in [2.05, 4.69) is 30.9 Å². The van der Waals surface area contributed by atoms with Crippen LogP contribution in [0.3, 0.4) is 0 Å². The number of imidazole rings is 1. The van der Waals surface area contributed by atoms with E-state index in [1.807, 2.05) is 0 Å². The van der Waals surface area contributed by atoms with Crippen molar-refractivity contribution in [2.24, 2.45) is 5.92 Å². The highest BCUT2D eigenvalue weighted by Crippen LogP contribution is 2.36. The minimum Gasteiger partial charge on any atom is -0.471 e. The number of H-pyrrole nitrogens is 1. The Balaban J connectivity index is 1.38. The number of nitrogens with zero attached hydrogens (tertiary/aromatic N) is 2. The van der Waals surface area contributed by atoms with E-state index in [0.29, 0.717) is 5.56 Å². The second-order valence-corrected chi connectivity index (χ2v) is 11.0. The van der Waals surface area contributed by atoms with Crippen molar-refractivity contribution >= 4 is 63.5 Å². The van der Waals surface area contributed by atoms with Gasteiger partial charge in [-0.2, -0.15) is 23.1 Å². The Bertz CT molecular complexity index is 1710. The molecule has 1 fully saturated rings. The molecule has 1 aliphatic rings. The first kappa shape index (κ1) is 32.2. The predicted octanol–water partition coefficient (Wildman–Crippen LogP) is 7.73. The van der Waals surface area contributed by atoms with Gasteiger partial charge < -0.3 is 25.7 Å². The molecule has 0 spiro atoms. The first-order valence-electron chi connectivity index (χ1n) is 13.7. The molecule has 2 amide bonds. The molecule has 238 valence electrons. The lowest BCUT2D eigenvalue weighted by molar-refractivity contribution is -0.137. The van der Waals surface area contributed by atoms with Crippen LogP contribution < -0.4 is 20.7 Å². The normalized spacial score (nSPS) is 13.8. The Labute approximate surface area is 262 Å². The maximum absolute atomic E-state index is 13.1. The number of benzene rings is 2. The van der Waals surface area contributed by atoms with Gasteiger partial charge in [0, 0.05) is 18.2 Å². The molecule has 2 aromatic carbocycles. The number of hydrogen-bond donors (Lipinski definition) is 4. The molecular weight excluding hydrogens is 646 g/mol. The van der Waals surface area contributed by atoms with Gasteiger partial charge in [-0.1, -0.05) is 42.1 Å². The maximum Gasteiger partial charge on any atom is 0.416 e. The molecule has 0 atom stereocenters. The number of amides is 2. The molecule has 45 heavy (non-hydrogen) atoms. The van der Waals surface area contributed by atoms with Crippen molar-refractivity contribution in [1.29, 1.82) is 0 Å². The van der Waals surface area contributed by atoms with Crippen LogP contribution in [0.25, 0.3) is 11.2 Å². The number of ether oxygens (including phenoxy) is 1. The highest BCUT2D eigenvalue weighted by Gasteiger charge is 2.30. The van der Waals surface area contributed by atoms with Crippen LogP contribution in [-0.4, -0.2) is 39.8 Å². The van der Waals surface area contributed by atoms with E-state index in [0.717, 1.165) is 49.9 Å². The van der Waals surface area contributed by atoms with Crippen molar-refractivity contribution in [3.63, 3.8) is 0 Å². The summed E-state index contributed by atoms with van der Waals surface area (Å²) in [5, 5.41) is 8.71. The van der Waals surface area contributed by atoms with Gasteiger partial charge >= 0.3 is 6.18 Å². The number of aromatic nitrogens is 3. The van der Waals surface area contributed by atoms with Crippen molar-refractivity contribution in [3.05, 3.63) is 69.2 Å². The number of aromatic amines is 1. The number of fused-ring (bicyclic) bond motifs is 1. The predicted molar refractivity (Wildman–Crippen MR) is 158 cm³/mol. The van der Waals surface area contributed by atoms with Crippen molar-refractivity contribution in [2.75, 3.05) is 17.2 Å². The lowest BCUT2D eigenvalue weighted by Gasteiger charge is -2.14. The lowest BCUT2D eigenvalue weighted by atomic mass is 10.1. The minimum absolute atomic E-state index is 0.0138. The van der Waals surface area contributed by atoms with Crippen LogP contribution in [0.4, 0.5) is 39.3 Å². The van der Waals surface area contributed by atoms with Crippen molar-refractivity contribution < 1.29 is 36.3 Å². The van der Waals surface area contributed by atoms with Gasteiger partial charge in [-0.25, -0.2) is 8.78 Å². The zero-order chi connectivity index (χ0) is 32.3. The van der Waals surface area contributed by atoms with E-state index >= 15 is 0 Å². The van der Waals surface area contributed by atoms with E-state index in [4.69, 9.17) is 27.9 Å². The minimum atomic E-state index is -4.57. The molecule has 2 aromatic heterocycles. The molecule has 1 saturated carbocycles. The van der Waals surface area contributed by atoms with Gasteiger partial charge in [-0.15, -0.1) is 0 Å². The van der Waals surface area contributed by atoms with Crippen molar-refractivity contribution in [3.8, 4) is 5.88 Å². The summed E-state index contributed by atoms with van der Waals surface area (Å²) in [7, 11) is 0. The van der Waals surface area contributed by atoms with Crippen LogP contribution in [0, 0.1) is 5.92 Å². The Morgan fingerprint density at radius 2 is 1.76 bits per heavy atom. The Hall–Kier alpha value is -4.17. The van der Waals surface area contributed by atoms with Gasteiger partial charge in [0.15, 0.2) is 12.3 Å². The number of carbonyl (C=O) groups excluding carboxylic acids is 2. The fraction of sp³-hybridized carbons (Fsp3) is 0.310. The molecule has 5 rings (SSSR count). The van der Waals surface area contributed by atoms with Gasteiger partial charge in [-0.05, 0) is 54.8 Å². The SMILES string of the molecule is O=C(Nc1ccc(C(F)(F)F)cc1)c1cc2[nH]c(Nc3c(Cl)ccc(CNC(=O)C4CCCC4)c3Cl)nc2nc1OCC(F)F. The summed E-state index contributed by atoms with van der Waals surface area (Å²) < 4.78 is 69.7. The summed E-state index contributed by atoms with van der Waals surface area (Å²) >= 11 is 13.0. The number of anilines is 3. The summed E-state index contributed by atoms with van der Waals surface area (Å²) in [5.41, 5.74) is -0.153. The Morgan fingerprint density at radius 3 is 2.42 bits per heavy atom. The third-order valence-corrected chi connectivity index (χ3v) is 7.84. The van der Waals surface area contributed by atoms with Gasteiger partial charge in [0.05, 0.1) is 26.8 Å². The number of pyridine rings is 1. The number of hydrogen-bond acceptors (Lipinski definition) is 6. The van der Waals surface area contributed by atoms with Crippen molar-refractivity contribution in [2.45, 2.75) is 44.8 Å². The first-order valence-corrected chi connectivity index (χ1v) is 14.5. The van der Waals surface area contributed by atoms with Gasteiger partial charge in [0.2, 0.25) is 17.7 Å². The summed E-state index contributed by atoms with van der Waals surface area (Å²) in [6.45, 7) is -0.909. The summed E-state index contributed by atoms with van der Waals surface area (Å²) in [6, 6.07) is 8.18. The highest BCUT2D eigenvalue weighted by atomic mass is 35.5. The number of carbonyl (C=O) groups is 2. The first-order chi connectivity index (χ1) is 21.4. The molecule has 4 aromatic rings. The Morgan fingerprint density at radius 1 is 1.04 bits per heavy atom. The van der Waals surface area contributed by atoms with Gasteiger partial charge in [0.25, 0.3) is 12.3 Å². The van der Waals surface area contributed by atoms with Crippen LogP contribution in [0.15, 0.2) is 42.5 Å². The second-order valence-electron chi connectivity index (χ2n) is 10.2. The smallest absolute Gasteiger partial charge is 0.416 e. The average molecular weight is 671 g/mol. The monoisotopic (exact) mass is 670 g/mol. The third kappa shape index (κ3) is 7.74. The quantitative estimate of drug-likeness (QED) is 0.128. The van der Waals surface area contributed by atoms with Crippen molar-refractivity contribution in [1.82, 2.24) is 20.3 Å². The summed E-state index contributed by atoms with van der Waals surface area (Å²) in [6.07, 6.45) is -3.72. The highest BCUT2D eigenvalue weighted by molar-refractivity contribution is 6.39. The molecule has 2 heterocycles. The fourth-order valence-corrected chi connectivity index (χ4v) is 5.35. The van der Waals surface area contributed by atoms with Gasteiger partial charge in [0.1, 0.15) is 5.56 Å².